The summed E-state index contributed by atoms with van der Waals surface area (Å²) in [4.78, 5) is 1.32. The third-order valence-corrected chi connectivity index (χ3v) is 5.18. The number of hydrogen-bond donors (Lipinski definition) is 1. The molecule has 0 radical (unpaired) electrons. The second-order valence-electron chi connectivity index (χ2n) is 4.94. The second-order valence-corrected chi connectivity index (χ2v) is 7.60. The van der Waals surface area contributed by atoms with Crippen molar-refractivity contribution in [3.63, 3.8) is 0 Å². The van der Waals surface area contributed by atoms with Crippen LogP contribution in [0.4, 0.5) is 0 Å². The Morgan fingerprint density at radius 3 is 2.75 bits per heavy atom. The molecule has 1 N–H and O–H groups in total. The lowest BCUT2D eigenvalue weighted by Crippen LogP contribution is -2.24. The first kappa shape index (κ1) is 16.0. The minimum atomic E-state index is 0.318. The van der Waals surface area contributed by atoms with Crippen LogP contribution in [-0.2, 0) is 6.42 Å². The molecule has 1 nitrogen and oxygen atoms in total. The molecule has 0 aliphatic rings. The predicted octanol–water partition coefficient (Wildman–Crippen LogP) is 5.76. The average Bonchev–Trinajstić information content (AvgIpc) is 2.83. The molecule has 108 valence electrons. The van der Waals surface area contributed by atoms with Crippen LogP contribution in [0, 0.1) is 6.92 Å². The highest BCUT2D eigenvalue weighted by atomic mass is 79.9. The minimum absolute atomic E-state index is 0.318. The van der Waals surface area contributed by atoms with E-state index in [4.69, 9.17) is 11.6 Å². The van der Waals surface area contributed by atoms with Gasteiger partial charge in [0.1, 0.15) is 0 Å². The summed E-state index contributed by atoms with van der Waals surface area (Å²) < 4.78 is 2.02. The maximum absolute atomic E-state index is 6.04. The van der Waals surface area contributed by atoms with Gasteiger partial charge in [-0.2, -0.15) is 0 Å². The summed E-state index contributed by atoms with van der Waals surface area (Å²) in [6.07, 6.45) is 2.10. The number of rotatable bonds is 6. The van der Waals surface area contributed by atoms with Crippen LogP contribution < -0.4 is 5.32 Å². The van der Waals surface area contributed by atoms with Gasteiger partial charge in [-0.05, 0) is 43.7 Å². The lowest BCUT2D eigenvalue weighted by Gasteiger charge is -2.20. The van der Waals surface area contributed by atoms with Crippen LogP contribution in [0.3, 0.4) is 0 Å². The van der Waals surface area contributed by atoms with Crippen molar-refractivity contribution in [2.45, 2.75) is 32.7 Å². The Morgan fingerprint density at radius 1 is 1.30 bits per heavy atom. The zero-order valence-electron chi connectivity index (χ0n) is 11.7. The Kier molecular flexibility index (Phi) is 6.09. The van der Waals surface area contributed by atoms with E-state index in [0.717, 1.165) is 23.7 Å². The largest absolute Gasteiger partial charge is 0.310 e. The highest BCUT2D eigenvalue weighted by Gasteiger charge is 2.15. The van der Waals surface area contributed by atoms with Crippen LogP contribution in [0.15, 0.2) is 34.8 Å². The molecule has 1 unspecified atom stereocenters. The van der Waals surface area contributed by atoms with Crippen molar-refractivity contribution < 1.29 is 0 Å². The van der Waals surface area contributed by atoms with E-state index in [1.807, 2.05) is 6.07 Å². The topological polar surface area (TPSA) is 12.0 Å². The molecular weight excluding hydrogens is 354 g/mol. The number of benzene rings is 1. The summed E-state index contributed by atoms with van der Waals surface area (Å²) in [7, 11) is 0. The van der Waals surface area contributed by atoms with Gasteiger partial charge in [0, 0.05) is 21.8 Å². The molecule has 0 saturated carbocycles. The number of thiophene rings is 1. The summed E-state index contributed by atoms with van der Waals surface area (Å²) in [5.74, 6) is 0. The molecule has 1 atom stereocenters. The normalized spacial score (nSPS) is 12.6. The van der Waals surface area contributed by atoms with Gasteiger partial charge < -0.3 is 5.32 Å². The van der Waals surface area contributed by atoms with Crippen molar-refractivity contribution >= 4 is 38.9 Å². The highest BCUT2D eigenvalue weighted by molar-refractivity contribution is 9.10. The third kappa shape index (κ3) is 4.32. The van der Waals surface area contributed by atoms with Crippen LogP contribution in [0.5, 0.6) is 0 Å². The van der Waals surface area contributed by atoms with Gasteiger partial charge in [0.05, 0.1) is 4.34 Å². The van der Waals surface area contributed by atoms with Crippen molar-refractivity contribution in [1.29, 1.82) is 0 Å². The standard InChI is InChI=1S/C16H19BrClNS/c1-3-8-19-15(10-12-5-7-16(18)20-12)13-9-11(2)4-6-14(13)17/h4-7,9,15,19H,3,8,10H2,1-2H3. The van der Waals surface area contributed by atoms with E-state index in [0.29, 0.717) is 6.04 Å². The summed E-state index contributed by atoms with van der Waals surface area (Å²) in [5, 5.41) is 3.65. The van der Waals surface area contributed by atoms with Crippen LogP contribution in [0.2, 0.25) is 4.34 Å². The van der Waals surface area contributed by atoms with E-state index in [1.54, 1.807) is 11.3 Å². The van der Waals surface area contributed by atoms with E-state index in [9.17, 15) is 0 Å². The van der Waals surface area contributed by atoms with Gasteiger partial charge in [0.2, 0.25) is 0 Å². The maximum Gasteiger partial charge on any atom is 0.0931 e. The summed E-state index contributed by atoms with van der Waals surface area (Å²) in [5.41, 5.74) is 2.61. The quantitative estimate of drug-likeness (QED) is 0.680. The molecule has 2 rings (SSSR count). The fourth-order valence-electron chi connectivity index (χ4n) is 2.20. The molecule has 0 bridgehead atoms. The van der Waals surface area contributed by atoms with Crippen LogP contribution >= 0.6 is 38.9 Å². The number of hydrogen-bond acceptors (Lipinski definition) is 2. The number of nitrogens with one attached hydrogen (secondary N) is 1. The van der Waals surface area contributed by atoms with Gasteiger partial charge in [-0.1, -0.05) is 52.2 Å². The maximum atomic E-state index is 6.04. The fourth-order valence-corrected chi connectivity index (χ4v) is 3.86. The van der Waals surface area contributed by atoms with Crippen molar-refractivity contribution in [1.82, 2.24) is 5.32 Å². The van der Waals surface area contributed by atoms with E-state index in [1.165, 1.54) is 20.5 Å². The summed E-state index contributed by atoms with van der Waals surface area (Å²) in [6.45, 7) is 5.34. The molecule has 2 aromatic rings. The molecule has 1 heterocycles. The molecule has 1 aromatic heterocycles. The van der Waals surface area contributed by atoms with E-state index < -0.39 is 0 Å². The molecule has 1 aromatic carbocycles. The van der Waals surface area contributed by atoms with E-state index in [-0.39, 0.29) is 0 Å². The zero-order valence-corrected chi connectivity index (χ0v) is 14.9. The van der Waals surface area contributed by atoms with Crippen LogP contribution in [0.1, 0.15) is 35.4 Å². The Hall–Kier alpha value is -0.350. The van der Waals surface area contributed by atoms with Gasteiger partial charge in [0.15, 0.2) is 0 Å². The van der Waals surface area contributed by atoms with Gasteiger partial charge in [-0.3, -0.25) is 0 Å². The van der Waals surface area contributed by atoms with Gasteiger partial charge in [-0.15, -0.1) is 11.3 Å². The molecule has 20 heavy (non-hydrogen) atoms. The summed E-state index contributed by atoms with van der Waals surface area (Å²) >= 11 is 11.4. The Morgan fingerprint density at radius 2 is 2.10 bits per heavy atom. The lowest BCUT2D eigenvalue weighted by molar-refractivity contribution is 0.530. The predicted molar refractivity (Wildman–Crippen MR) is 92.9 cm³/mol. The monoisotopic (exact) mass is 371 g/mol. The number of aryl methyl sites for hydroxylation is 1. The van der Waals surface area contributed by atoms with E-state index in [2.05, 4.69) is 59.4 Å². The van der Waals surface area contributed by atoms with Crippen LogP contribution in [0.25, 0.3) is 0 Å². The fraction of sp³-hybridized carbons (Fsp3) is 0.375. The second kappa shape index (κ2) is 7.60. The van der Waals surface area contributed by atoms with Crippen molar-refractivity contribution in [2.75, 3.05) is 6.54 Å². The molecule has 0 aliphatic carbocycles. The molecular formula is C16H19BrClNS. The van der Waals surface area contributed by atoms with Gasteiger partial charge >= 0.3 is 0 Å². The van der Waals surface area contributed by atoms with E-state index >= 15 is 0 Å². The molecule has 0 amide bonds. The summed E-state index contributed by atoms with van der Waals surface area (Å²) in [6, 6.07) is 10.9. The number of halogens is 2. The van der Waals surface area contributed by atoms with Crippen LogP contribution in [-0.4, -0.2) is 6.54 Å². The highest BCUT2D eigenvalue weighted by Crippen LogP contribution is 2.30. The first-order chi connectivity index (χ1) is 9.60. The van der Waals surface area contributed by atoms with Crippen molar-refractivity contribution in [3.05, 3.63) is 55.1 Å². The molecule has 0 aliphatic heterocycles. The Bertz CT molecular complexity index is 567. The molecule has 0 fully saturated rings. The van der Waals surface area contributed by atoms with Gasteiger partial charge in [-0.25, -0.2) is 0 Å². The first-order valence-corrected chi connectivity index (χ1v) is 8.82. The molecule has 0 saturated heterocycles. The third-order valence-electron chi connectivity index (χ3n) is 3.20. The van der Waals surface area contributed by atoms with Gasteiger partial charge in [0.25, 0.3) is 0 Å². The Labute approximate surface area is 138 Å². The van der Waals surface area contributed by atoms with Crippen molar-refractivity contribution in [3.8, 4) is 0 Å². The SMILES string of the molecule is CCCNC(Cc1ccc(Cl)s1)c1cc(C)ccc1Br. The van der Waals surface area contributed by atoms with Crippen molar-refractivity contribution in [2.24, 2.45) is 0 Å². The zero-order chi connectivity index (χ0) is 14.5. The first-order valence-electron chi connectivity index (χ1n) is 6.83. The minimum Gasteiger partial charge on any atom is -0.310 e. The molecule has 0 spiro atoms. The lowest BCUT2D eigenvalue weighted by atomic mass is 10.0. The Balaban J connectivity index is 2.24. The smallest absolute Gasteiger partial charge is 0.0931 e. The molecule has 4 heteroatoms. The average molecular weight is 373 g/mol.